The van der Waals surface area contributed by atoms with E-state index < -0.39 is 5.41 Å². The van der Waals surface area contributed by atoms with Crippen molar-refractivity contribution >= 4 is 11.9 Å². The number of nitrogens with one attached hydrogen (secondary N) is 1. The van der Waals surface area contributed by atoms with Crippen molar-refractivity contribution in [3.63, 3.8) is 0 Å². The van der Waals surface area contributed by atoms with Gasteiger partial charge in [0.1, 0.15) is 0 Å². The van der Waals surface area contributed by atoms with E-state index in [0.29, 0.717) is 56.6 Å². The van der Waals surface area contributed by atoms with Gasteiger partial charge in [0, 0.05) is 51.3 Å². The van der Waals surface area contributed by atoms with Crippen LogP contribution in [-0.4, -0.2) is 78.3 Å². The van der Waals surface area contributed by atoms with Crippen molar-refractivity contribution in [1.82, 2.24) is 25.3 Å². The van der Waals surface area contributed by atoms with E-state index in [4.69, 9.17) is 9.26 Å². The summed E-state index contributed by atoms with van der Waals surface area (Å²) in [6.45, 7) is 4.60. The highest BCUT2D eigenvalue weighted by Gasteiger charge is 2.58. The molecule has 1 aromatic heterocycles. The Hall–Kier alpha value is -2.94. The number of rotatable bonds is 5. The number of ether oxygens (including phenoxy) is 1. The predicted octanol–water partition coefficient (Wildman–Crippen LogP) is 1.06. The van der Waals surface area contributed by atoms with Crippen LogP contribution in [-0.2, 0) is 10.2 Å². The van der Waals surface area contributed by atoms with Crippen LogP contribution >= 0.6 is 0 Å². The minimum Gasteiger partial charge on any atom is -0.383 e. The molecule has 9 heteroatoms. The molecule has 3 heterocycles. The van der Waals surface area contributed by atoms with Gasteiger partial charge < -0.3 is 24.4 Å². The fraction of sp³-hybridized carbons (Fsp3) is 0.500. The van der Waals surface area contributed by atoms with E-state index in [9.17, 15) is 9.59 Å². The smallest absolute Gasteiger partial charge is 0.317 e. The summed E-state index contributed by atoms with van der Waals surface area (Å²) in [5.74, 6) is 1.05. The Labute approximate surface area is 169 Å². The van der Waals surface area contributed by atoms with E-state index >= 15 is 0 Å². The largest absolute Gasteiger partial charge is 0.383 e. The average molecular weight is 399 g/mol. The summed E-state index contributed by atoms with van der Waals surface area (Å²) >= 11 is 0. The molecule has 2 aliphatic rings. The molecule has 3 amide bonds. The van der Waals surface area contributed by atoms with Gasteiger partial charge in [-0.3, -0.25) is 4.79 Å². The normalized spacial score (nSPS) is 23.3. The Bertz CT molecular complexity index is 886. The van der Waals surface area contributed by atoms with Crippen LogP contribution in [0.25, 0.3) is 0 Å². The quantitative estimate of drug-likeness (QED) is 0.755. The number of carbonyl (C=O) groups excluding carboxylic acids is 2. The Morgan fingerprint density at radius 1 is 1.24 bits per heavy atom. The van der Waals surface area contributed by atoms with Crippen LogP contribution in [0.3, 0.4) is 0 Å². The van der Waals surface area contributed by atoms with Gasteiger partial charge in [-0.15, -0.1) is 0 Å². The Balaban J connectivity index is 1.56. The lowest BCUT2D eigenvalue weighted by Gasteiger charge is -2.26. The second kappa shape index (κ2) is 7.82. The zero-order chi connectivity index (χ0) is 20.4. The molecular weight excluding hydrogens is 374 g/mol. The number of aryl methyl sites for hydroxylation is 1. The standard InChI is InChI=1S/C20H25N5O4/c1-14-22-18(29-23-14)20-12-24(17(26)15-6-4-3-5-7-15)10-16(20)11-25(13-20)19(27)21-8-9-28-2/h3-7,16H,8-13H2,1-2H3,(H,21,27). The second-order valence-electron chi connectivity index (χ2n) is 7.66. The van der Waals surface area contributed by atoms with Gasteiger partial charge in [-0.1, -0.05) is 23.4 Å². The molecule has 1 N–H and O–H groups in total. The number of urea groups is 1. The second-order valence-corrected chi connectivity index (χ2v) is 7.66. The number of methoxy groups -OCH3 is 1. The first-order valence-corrected chi connectivity index (χ1v) is 9.70. The van der Waals surface area contributed by atoms with Crippen molar-refractivity contribution in [3.8, 4) is 0 Å². The van der Waals surface area contributed by atoms with E-state index in [1.165, 1.54) is 0 Å². The SMILES string of the molecule is COCCNC(=O)N1CC2CN(C(=O)c3ccccc3)CC2(c2nc(C)no2)C1. The van der Waals surface area contributed by atoms with Crippen LogP contribution < -0.4 is 5.32 Å². The first-order chi connectivity index (χ1) is 14.0. The molecule has 2 aliphatic heterocycles. The molecule has 2 saturated heterocycles. The molecule has 1 aromatic carbocycles. The number of nitrogens with zero attached hydrogens (tertiary/aromatic N) is 4. The molecule has 4 rings (SSSR count). The third kappa shape index (κ3) is 3.57. The monoisotopic (exact) mass is 399 g/mol. The van der Waals surface area contributed by atoms with Gasteiger partial charge in [0.05, 0.1) is 12.0 Å². The Morgan fingerprint density at radius 2 is 1.97 bits per heavy atom. The van der Waals surface area contributed by atoms with E-state index in [1.54, 1.807) is 18.9 Å². The fourth-order valence-corrected chi connectivity index (χ4v) is 4.31. The molecular formula is C20H25N5O4. The lowest BCUT2D eigenvalue weighted by Crippen LogP contribution is -2.45. The summed E-state index contributed by atoms with van der Waals surface area (Å²) in [6, 6.07) is 9.08. The summed E-state index contributed by atoms with van der Waals surface area (Å²) in [5.41, 5.74) is 0.100. The number of fused-ring (bicyclic) bond motifs is 1. The van der Waals surface area contributed by atoms with E-state index in [2.05, 4.69) is 15.5 Å². The molecule has 2 aromatic rings. The molecule has 0 bridgehead atoms. The Kier molecular flexibility index (Phi) is 5.23. The van der Waals surface area contributed by atoms with Crippen molar-refractivity contribution in [2.45, 2.75) is 12.3 Å². The van der Waals surface area contributed by atoms with Crippen LogP contribution in [0.4, 0.5) is 4.79 Å². The Morgan fingerprint density at radius 3 is 2.66 bits per heavy atom. The zero-order valence-electron chi connectivity index (χ0n) is 16.6. The van der Waals surface area contributed by atoms with Gasteiger partial charge in [0.25, 0.3) is 5.91 Å². The lowest BCUT2D eigenvalue weighted by atomic mass is 9.81. The molecule has 2 atom stereocenters. The third-order valence-corrected chi connectivity index (χ3v) is 5.74. The maximum atomic E-state index is 13.0. The molecule has 2 unspecified atom stereocenters. The number of hydrogen-bond acceptors (Lipinski definition) is 6. The number of aromatic nitrogens is 2. The lowest BCUT2D eigenvalue weighted by molar-refractivity contribution is 0.0770. The average Bonchev–Trinajstić information content (AvgIpc) is 3.40. The molecule has 154 valence electrons. The molecule has 9 nitrogen and oxygen atoms in total. The summed E-state index contributed by atoms with van der Waals surface area (Å²) in [4.78, 5) is 33.6. The number of amides is 3. The summed E-state index contributed by atoms with van der Waals surface area (Å²) < 4.78 is 10.5. The van der Waals surface area contributed by atoms with Gasteiger partial charge in [-0.2, -0.15) is 4.98 Å². The van der Waals surface area contributed by atoms with Crippen molar-refractivity contribution in [2.75, 3.05) is 46.4 Å². The van der Waals surface area contributed by atoms with Gasteiger partial charge in [0.2, 0.25) is 5.89 Å². The summed E-state index contributed by atoms with van der Waals surface area (Å²) in [5, 5.41) is 6.81. The van der Waals surface area contributed by atoms with Crippen LogP contribution in [0.5, 0.6) is 0 Å². The van der Waals surface area contributed by atoms with E-state index in [0.717, 1.165) is 0 Å². The fourth-order valence-electron chi connectivity index (χ4n) is 4.31. The van der Waals surface area contributed by atoms with E-state index in [-0.39, 0.29) is 17.9 Å². The number of carbonyl (C=O) groups is 2. The molecule has 0 saturated carbocycles. The minimum atomic E-state index is -0.551. The maximum absolute atomic E-state index is 13.0. The maximum Gasteiger partial charge on any atom is 0.317 e. The van der Waals surface area contributed by atoms with E-state index in [1.807, 2.05) is 35.2 Å². The van der Waals surface area contributed by atoms with Crippen molar-refractivity contribution in [3.05, 3.63) is 47.6 Å². The van der Waals surface area contributed by atoms with Gasteiger partial charge in [0.15, 0.2) is 5.82 Å². The number of likely N-dealkylation sites (tertiary alicyclic amines) is 2. The summed E-state index contributed by atoms with van der Waals surface area (Å²) in [7, 11) is 1.59. The van der Waals surface area contributed by atoms with Crippen molar-refractivity contribution in [2.24, 2.45) is 5.92 Å². The van der Waals surface area contributed by atoms with Crippen LogP contribution in [0.1, 0.15) is 22.1 Å². The first-order valence-electron chi connectivity index (χ1n) is 9.70. The summed E-state index contributed by atoms with van der Waals surface area (Å²) in [6.07, 6.45) is 0. The molecule has 2 fully saturated rings. The highest BCUT2D eigenvalue weighted by molar-refractivity contribution is 5.94. The predicted molar refractivity (Wildman–Crippen MR) is 103 cm³/mol. The van der Waals surface area contributed by atoms with Crippen molar-refractivity contribution in [1.29, 1.82) is 0 Å². The third-order valence-electron chi connectivity index (χ3n) is 5.74. The van der Waals surface area contributed by atoms with Gasteiger partial charge in [-0.05, 0) is 19.1 Å². The first kappa shape index (κ1) is 19.4. The van der Waals surface area contributed by atoms with Crippen LogP contribution in [0.15, 0.2) is 34.9 Å². The number of benzene rings is 1. The minimum absolute atomic E-state index is 0.0216. The highest BCUT2D eigenvalue weighted by Crippen LogP contribution is 2.44. The highest BCUT2D eigenvalue weighted by atomic mass is 16.5. The molecule has 0 radical (unpaired) electrons. The van der Waals surface area contributed by atoms with Crippen LogP contribution in [0, 0.1) is 12.8 Å². The molecule has 29 heavy (non-hydrogen) atoms. The molecule has 0 aliphatic carbocycles. The van der Waals surface area contributed by atoms with Gasteiger partial charge >= 0.3 is 6.03 Å². The molecule has 0 spiro atoms. The number of hydrogen-bond donors (Lipinski definition) is 1. The zero-order valence-corrected chi connectivity index (χ0v) is 16.6. The topological polar surface area (TPSA) is 101 Å². The van der Waals surface area contributed by atoms with Gasteiger partial charge in [-0.25, -0.2) is 4.79 Å². The van der Waals surface area contributed by atoms with Crippen LogP contribution in [0.2, 0.25) is 0 Å². The van der Waals surface area contributed by atoms with Crippen molar-refractivity contribution < 1.29 is 18.8 Å².